The first-order valence-corrected chi connectivity index (χ1v) is 8.30. The number of ketones is 1. The van der Waals surface area contributed by atoms with Gasteiger partial charge in [-0.2, -0.15) is 0 Å². The molecule has 0 aliphatic carbocycles. The van der Waals surface area contributed by atoms with Crippen molar-refractivity contribution in [2.45, 2.75) is 6.04 Å². The molecular formula is C22H18N2O. The zero-order valence-corrected chi connectivity index (χ0v) is 13.6. The normalized spacial score (nSPS) is 17.3. The second-order valence-electron chi connectivity index (χ2n) is 5.99. The van der Waals surface area contributed by atoms with Gasteiger partial charge in [-0.1, -0.05) is 72.8 Å². The van der Waals surface area contributed by atoms with Crippen LogP contribution in [0.2, 0.25) is 0 Å². The van der Waals surface area contributed by atoms with Gasteiger partial charge in [-0.3, -0.25) is 4.79 Å². The molecule has 3 aromatic carbocycles. The molecule has 122 valence electrons. The van der Waals surface area contributed by atoms with E-state index in [4.69, 9.17) is 0 Å². The minimum atomic E-state index is -0.0937. The Morgan fingerprint density at radius 3 is 2.08 bits per heavy atom. The first-order valence-electron chi connectivity index (χ1n) is 8.30. The Morgan fingerprint density at radius 2 is 1.36 bits per heavy atom. The molecule has 3 nitrogen and oxygen atoms in total. The SMILES string of the molecule is O=C(/C=C1/Nc2ccccc2NC1c1ccccc1)c1ccccc1. The van der Waals surface area contributed by atoms with E-state index in [2.05, 4.69) is 22.8 Å². The number of anilines is 2. The molecule has 1 heterocycles. The van der Waals surface area contributed by atoms with Gasteiger partial charge in [0.2, 0.25) is 0 Å². The zero-order valence-electron chi connectivity index (χ0n) is 13.6. The fourth-order valence-corrected chi connectivity index (χ4v) is 3.03. The van der Waals surface area contributed by atoms with Gasteiger partial charge < -0.3 is 10.6 Å². The van der Waals surface area contributed by atoms with E-state index in [0.717, 1.165) is 22.6 Å². The van der Waals surface area contributed by atoms with Crippen LogP contribution in [0.1, 0.15) is 22.0 Å². The summed E-state index contributed by atoms with van der Waals surface area (Å²) in [5.41, 5.74) is 4.64. The quantitative estimate of drug-likeness (QED) is 0.524. The van der Waals surface area contributed by atoms with E-state index in [1.54, 1.807) is 6.08 Å². The van der Waals surface area contributed by atoms with E-state index < -0.39 is 0 Å². The number of allylic oxidation sites excluding steroid dienone is 1. The van der Waals surface area contributed by atoms with Crippen LogP contribution in [0.3, 0.4) is 0 Å². The number of hydrogen-bond acceptors (Lipinski definition) is 3. The first-order chi connectivity index (χ1) is 12.3. The van der Waals surface area contributed by atoms with Crippen molar-refractivity contribution in [3.8, 4) is 0 Å². The van der Waals surface area contributed by atoms with Crippen molar-refractivity contribution in [2.75, 3.05) is 10.6 Å². The highest BCUT2D eigenvalue weighted by molar-refractivity contribution is 6.05. The van der Waals surface area contributed by atoms with Crippen molar-refractivity contribution < 1.29 is 4.79 Å². The maximum atomic E-state index is 12.7. The van der Waals surface area contributed by atoms with Gasteiger partial charge in [-0.05, 0) is 17.7 Å². The Bertz CT molecular complexity index is 917. The summed E-state index contributed by atoms with van der Waals surface area (Å²) < 4.78 is 0. The molecule has 0 saturated heterocycles. The Kier molecular flexibility index (Phi) is 4.05. The molecule has 0 bridgehead atoms. The summed E-state index contributed by atoms with van der Waals surface area (Å²) in [6, 6.07) is 27.4. The van der Waals surface area contributed by atoms with Crippen LogP contribution in [0.4, 0.5) is 11.4 Å². The van der Waals surface area contributed by atoms with Crippen LogP contribution in [-0.2, 0) is 0 Å². The molecule has 0 amide bonds. The summed E-state index contributed by atoms with van der Waals surface area (Å²) in [6.07, 6.45) is 1.69. The predicted molar refractivity (Wildman–Crippen MR) is 102 cm³/mol. The Balaban J connectivity index is 1.75. The van der Waals surface area contributed by atoms with Gasteiger partial charge >= 0.3 is 0 Å². The van der Waals surface area contributed by atoms with Crippen LogP contribution in [0.25, 0.3) is 0 Å². The van der Waals surface area contributed by atoms with Gasteiger partial charge in [-0.15, -0.1) is 0 Å². The van der Waals surface area contributed by atoms with E-state index in [0.29, 0.717) is 5.56 Å². The van der Waals surface area contributed by atoms with Crippen LogP contribution in [0.15, 0.2) is 96.7 Å². The third kappa shape index (κ3) is 3.17. The number of hydrogen-bond donors (Lipinski definition) is 2. The highest BCUT2D eigenvalue weighted by atomic mass is 16.1. The molecule has 25 heavy (non-hydrogen) atoms. The molecule has 0 fully saturated rings. The summed E-state index contributed by atoms with van der Waals surface area (Å²) in [5.74, 6) is -0.00906. The van der Waals surface area contributed by atoms with Crippen LogP contribution < -0.4 is 10.6 Å². The van der Waals surface area contributed by atoms with Crippen molar-refractivity contribution in [1.82, 2.24) is 0 Å². The molecule has 4 rings (SSSR count). The minimum absolute atomic E-state index is 0.00906. The largest absolute Gasteiger partial charge is 0.371 e. The monoisotopic (exact) mass is 326 g/mol. The number of rotatable bonds is 3. The maximum Gasteiger partial charge on any atom is 0.187 e. The number of carbonyl (C=O) groups is 1. The van der Waals surface area contributed by atoms with Crippen LogP contribution in [-0.4, -0.2) is 5.78 Å². The Hall–Kier alpha value is -3.33. The molecule has 1 atom stereocenters. The molecule has 0 aromatic heterocycles. The van der Waals surface area contributed by atoms with Gasteiger partial charge in [0.15, 0.2) is 5.78 Å². The number of nitrogens with one attached hydrogen (secondary N) is 2. The van der Waals surface area contributed by atoms with E-state index in [9.17, 15) is 4.79 Å². The van der Waals surface area contributed by atoms with Crippen molar-refractivity contribution >= 4 is 17.2 Å². The summed E-state index contributed by atoms with van der Waals surface area (Å²) >= 11 is 0. The van der Waals surface area contributed by atoms with Gasteiger partial charge in [-0.25, -0.2) is 0 Å². The summed E-state index contributed by atoms with van der Waals surface area (Å²) in [4.78, 5) is 12.7. The lowest BCUT2D eigenvalue weighted by molar-refractivity contribution is 0.104. The standard InChI is InChI=1S/C22H18N2O/c25-21(16-9-3-1-4-10-16)15-20-22(17-11-5-2-6-12-17)24-19-14-8-7-13-18(19)23-20/h1-15,22-24H/b20-15+. The summed E-state index contributed by atoms with van der Waals surface area (Å²) in [6.45, 7) is 0. The van der Waals surface area contributed by atoms with Crippen molar-refractivity contribution in [3.05, 3.63) is 108 Å². The summed E-state index contributed by atoms with van der Waals surface area (Å²) in [7, 11) is 0. The molecule has 0 radical (unpaired) electrons. The fourth-order valence-electron chi connectivity index (χ4n) is 3.03. The minimum Gasteiger partial charge on any atom is -0.371 e. The smallest absolute Gasteiger partial charge is 0.187 e. The van der Waals surface area contributed by atoms with Crippen molar-refractivity contribution in [1.29, 1.82) is 0 Å². The van der Waals surface area contributed by atoms with E-state index in [-0.39, 0.29) is 11.8 Å². The van der Waals surface area contributed by atoms with Crippen molar-refractivity contribution in [3.63, 3.8) is 0 Å². The van der Waals surface area contributed by atoms with Gasteiger partial charge in [0.05, 0.1) is 17.4 Å². The lowest BCUT2D eigenvalue weighted by atomic mass is 9.98. The molecule has 0 spiro atoms. The lowest BCUT2D eigenvalue weighted by Crippen LogP contribution is -2.24. The number of para-hydroxylation sites is 2. The van der Waals surface area contributed by atoms with E-state index >= 15 is 0 Å². The van der Waals surface area contributed by atoms with Crippen molar-refractivity contribution in [2.24, 2.45) is 0 Å². The Morgan fingerprint density at radius 1 is 0.760 bits per heavy atom. The number of benzene rings is 3. The molecule has 3 aromatic rings. The third-order valence-corrected chi connectivity index (χ3v) is 4.29. The van der Waals surface area contributed by atoms with Gasteiger partial charge in [0, 0.05) is 17.3 Å². The fraction of sp³-hybridized carbons (Fsp3) is 0.0455. The second kappa shape index (κ2) is 6.65. The number of carbonyl (C=O) groups excluding carboxylic acids is 1. The average molecular weight is 326 g/mol. The molecular weight excluding hydrogens is 308 g/mol. The molecule has 0 saturated carbocycles. The zero-order chi connectivity index (χ0) is 17.1. The topological polar surface area (TPSA) is 41.1 Å². The van der Waals surface area contributed by atoms with Crippen LogP contribution in [0, 0.1) is 0 Å². The van der Waals surface area contributed by atoms with Gasteiger partial charge in [0.25, 0.3) is 0 Å². The highest BCUT2D eigenvalue weighted by Gasteiger charge is 2.24. The van der Waals surface area contributed by atoms with Crippen LogP contribution >= 0.6 is 0 Å². The predicted octanol–water partition coefficient (Wildman–Crippen LogP) is 5.03. The second-order valence-corrected chi connectivity index (χ2v) is 5.99. The maximum absolute atomic E-state index is 12.7. The molecule has 2 N–H and O–H groups in total. The van der Waals surface area contributed by atoms with Gasteiger partial charge in [0.1, 0.15) is 0 Å². The first kappa shape index (κ1) is 15.2. The molecule has 1 aliphatic rings. The highest BCUT2D eigenvalue weighted by Crippen LogP contribution is 2.36. The van der Waals surface area contributed by atoms with E-state index in [1.807, 2.05) is 72.8 Å². The average Bonchev–Trinajstić information content (AvgIpc) is 2.69. The number of fused-ring (bicyclic) bond motifs is 1. The third-order valence-electron chi connectivity index (χ3n) is 4.29. The molecule has 3 heteroatoms. The summed E-state index contributed by atoms with van der Waals surface area (Å²) in [5, 5.41) is 6.96. The molecule has 1 unspecified atom stereocenters. The van der Waals surface area contributed by atoms with E-state index in [1.165, 1.54) is 0 Å². The Labute approximate surface area is 147 Å². The van der Waals surface area contributed by atoms with Crippen LogP contribution in [0.5, 0.6) is 0 Å². The lowest BCUT2D eigenvalue weighted by Gasteiger charge is -2.31. The molecule has 1 aliphatic heterocycles.